The summed E-state index contributed by atoms with van der Waals surface area (Å²) in [6.45, 7) is 0.232. The van der Waals surface area contributed by atoms with Crippen molar-refractivity contribution in [2.24, 2.45) is 0 Å². The van der Waals surface area contributed by atoms with E-state index < -0.39 is 23.9 Å². The van der Waals surface area contributed by atoms with E-state index in [0.29, 0.717) is 17.2 Å². The molecular formula is C22H21N5O4S. The van der Waals surface area contributed by atoms with E-state index in [2.05, 4.69) is 20.6 Å². The molecule has 1 fully saturated rings. The van der Waals surface area contributed by atoms with E-state index in [1.165, 1.54) is 11.3 Å². The molecule has 1 aromatic carbocycles. The van der Waals surface area contributed by atoms with Crippen molar-refractivity contribution in [2.75, 3.05) is 19.0 Å². The molecule has 0 unspecified atom stereocenters. The summed E-state index contributed by atoms with van der Waals surface area (Å²) < 4.78 is 5.13. The SMILES string of the molecule is COc1ccc(CCN2C(=O)N[C@H](CC(=O)Nc3nc(-c4cccnc4)cs3)C2=O)cc1. The third-order valence-corrected chi connectivity index (χ3v) is 5.75. The van der Waals surface area contributed by atoms with Gasteiger partial charge in [0.05, 0.1) is 19.2 Å². The highest BCUT2D eigenvalue weighted by atomic mass is 32.1. The first-order valence-corrected chi connectivity index (χ1v) is 10.8. The fourth-order valence-electron chi connectivity index (χ4n) is 3.29. The number of benzene rings is 1. The van der Waals surface area contributed by atoms with E-state index in [4.69, 9.17) is 4.74 Å². The monoisotopic (exact) mass is 451 g/mol. The quantitative estimate of drug-likeness (QED) is 0.509. The van der Waals surface area contributed by atoms with Gasteiger partial charge < -0.3 is 15.4 Å². The summed E-state index contributed by atoms with van der Waals surface area (Å²) in [6.07, 6.45) is 3.71. The molecule has 2 aromatic heterocycles. The lowest BCUT2D eigenvalue weighted by Crippen LogP contribution is -2.34. The minimum Gasteiger partial charge on any atom is -0.497 e. The summed E-state index contributed by atoms with van der Waals surface area (Å²) in [4.78, 5) is 46.9. The molecule has 164 valence electrons. The number of methoxy groups -OCH3 is 1. The van der Waals surface area contributed by atoms with Gasteiger partial charge in [-0.3, -0.25) is 19.5 Å². The molecule has 0 aliphatic carbocycles. The number of urea groups is 1. The number of hydrogen-bond donors (Lipinski definition) is 2. The largest absolute Gasteiger partial charge is 0.497 e. The zero-order chi connectivity index (χ0) is 22.5. The topological polar surface area (TPSA) is 114 Å². The van der Waals surface area contributed by atoms with Gasteiger partial charge in [-0.2, -0.15) is 0 Å². The van der Waals surface area contributed by atoms with Crippen LogP contribution in [-0.2, 0) is 16.0 Å². The molecule has 2 N–H and O–H groups in total. The normalized spacial score (nSPS) is 15.5. The van der Waals surface area contributed by atoms with Gasteiger partial charge in [-0.15, -0.1) is 11.3 Å². The van der Waals surface area contributed by atoms with Crippen LogP contribution in [0.4, 0.5) is 9.93 Å². The van der Waals surface area contributed by atoms with Crippen LogP contribution in [0, 0.1) is 0 Å². The maximum Gasteiger partial charge on any atom is 0.324 e. The smallest absolute Gasteiger partial charge is 0.324 e. The standard InChI is InChI=1S/C22H21N5O4S/c1-31-16-6-4-14(5-7-16)8-10-27-20(29)17(25-22(27)30)11-19(28)26-21-24-18(13-32-21)15-3-2-9-23-12-15/h2-7,9,12-13,17H,8,10-11H2,1H3,(H,25,30)(H,24,26,28)/t17-/m1/s1. The van der Waals surface area contributed by atoms with Crippen LogP contribution in [0.1, 0.15) is 12.0 Å². The van der Waals surface area contributed by atoms with Gasteiger partial charge in [0.1, 0.15) is 11.8 Å². The molecule has 0 saturated carbocycles. The number of nitrogens with one attached hydrogen (secondary N) is 2. The van der Waals surface area contributed by atoms with Gasteiger partial charge in [0.25, 0.3) is 5.91 Å². The fraction of sp³-hybridized carbons (Fsp3) is 0.227. The second-order valence-electron chi connectivity index (χ2n) is 7.12. The Balaban J connectivity index is 1.30. The Bertz CT molecular complexity index is 1120. The molecule has 1 saturated heterocycles. The molecule has 1 aliphatic rings. The first-order chi connectivity index (χ1) is 15.5. The van der Waals surface area contributed by atoms with Crippen LogP contribution in [0.15, 0.2) is 54.2 Å². The lowest BCUT2D eigenvalue weighted by Gasteiger charge is -2.13. The second kappa shape index (κ2) is 9.56. The number of imide groups is 1. The molecular weight excluding hydrogens is 430 g/mol. The number of nitrogens with zero attached hydrogens (tertiary/aromatic N) is 3. The van der Waals surface area contributed by atoms with Crippen LogP contribution < -0.4 is 15.4 Å². The number of carbonyl (C=O) groups is 3. The second-order valence-corrected chi connectivity index (χ2v) is 7.98. The minimum atomic E-state index is -0.892. The lowest BCUT2D eigenvalue weighted by atomic mass is 10.1. The van der Waals surface area contributed by atoms with Crippen LogP contribution in [0.25, 0.3) is 11.3 Å². The maximum atomic E-state index is 12.6. The van der Waals surface area contributed by atoms with Crippen LogP contribution in [0.3, 0.4) is 0 Å². The van der Waals surface area contributed by atoms with E-state index in [1.807, 2.05) is 41.8 Å². The van der Waals surface area contributed by atoms with Crippen molar-refractivity contribution >= 4 is 34.3 Å². The Morgan fingerprint density at radius 2 is 2.06 bits per heavy atom. The summed E-state index contributed by atoms with van der Waals surface area (Å²) in [5, 5.41) is 7.51. The average molecular weight is 452 g/mol. The zero-order valence-electron chi connectivity index (χ0n) is 17.3. The number of aromatic nitrogens is 2. The van der Waals surface area contributed by atoms with E-state index in [-0.39, 0.29) is 13.0 Å². The van der Waals surface area contributed by atoms with Gasteiger partial charge >= 0.3 is 6.03 Å². The Morgan fingerprint density at radius 3 is 2.78 bits per heavy atom. The number of ether oxygens (including phenoxy) is 1. The summed E-state index contributed by atoms with van der Waals surface area (Å²) in [6, 6.07) is 9.72. The van der Waals surface area contributed by atoms with Crippen molar-refractivity contribution in [2.45, 2.75) is 18.9 Å². The van der Waals surface area contributed by atoms with Gasteiger partial charge in [0, 0.05) is 29.9 Å². The summed E-state index contributed by atoms with van der Waals surface area (Å²) in [5.74, 6) is -0.0656. The molecule has 1 atom stereocenters. The average Bonchev–Trinajstić information content (AvgIpc) is 3.37. The summed E-state index contributed by atoms with van der Waals surface area (Å²) >= 11 is 1.28. The Kier molecular flexibility index (Phi) is 6.41. The minimum absolute atomic E-state index is 0.161. The molecule has 0 bridgehead atoms. The third kappa shape index (κ3) is 4.92. The number of anilines is 1. The number of thiazole rings is 1. The van der Waals surface area contributed by atoms with Crippen molar-refractivity contribution in [3.05, 3.63) is 59.7 Å². The molecule has 4 rings (SSSR count). The first kappa shape index (κ1) is 21.4. The lowest BCUT2D eigenvalue weighted by molar-refractivity contribution is -0.129. The molecule has 1 aliphatic heterocycles. The van der Waals surface area contributed by atoms with Crippen molar-refractivity contribution in [3.63, 3.8) is 0 Å². The molecule has 32 heavy (non-hydrogen) atoms. The van der Waals surface area contributed by atoms with Gasteiger partial charge in [0.2, 0.25) is 5.91 Å². The van der Waals surface area contributed by atoms with Crippen molar-refractivity contribution in [3.8, 4) is 17.0 Å². The molecule has 3 aromatic rings. The van der Waals surface area contributed by atoms with Crippen molar-refractivity contribution in [1.82, 2.24) is 20.2 Å². The molecule has 0 radical (unpaired) electrons. The van der Waals surface area contributed by atoms with Crippen LogP contribution in [-0.4, -0.2) is 52.4 Å². The summed E-state index contributed by atoms with van der Waals surface area (Å²) in [7, 11) is 1.59. The van der Waals surface area contributed by atoms with E-state index in [1.54, 1.807) is 19.5 Å². The molecule has 10 heteroatoms. The van der Waals surface area contributed by atoms with Gasteiger partial charge in [-0.25, -0.2) is 9.78 Å². The Morgan fingerprint density at radius 1 is 1.25 bits per heavy atom. The fourth-order valence-corrected chi connectivity index (χ4v) is 4.03. The predicted molar refractivity (Wildman–Crippen MR) is 119 cm³/mol. The Hall–Kier alpha value is -3.79. The van der Waals surface area contributed by atoms with Gasteiger partial charge in [-0.1, -0.05) is 12.1 Å². The number of rotatable bonds is 8. The highest BCUT2D eigenvalue weighted by molar-refractivity contribution is 7.14. The predicted octanol–water partition coefficient (Wildman–Crippen LogP) is 2.71. The van der Waals surface area contributed by atoms with E-state index in [0.717, 1.165) is 21.8 Å². The highest BCUT2D eigenvalue weighted by Gasteiger charge is 2.38. The summed E-state index contributed by atoms with van der Waals surface area (Å²) in [5.41, 5.74) is 2.52. The van der Waals surface area contributed by atoms with E-state index in [9.17, 15) is 14.4 Å². The van der Waals surface area contributed by atoms with Crippen molar-refractivity contribution < 1.29 is 19.1 Å². The molecule has 4 amide bonds. The van der Waals surface area contributed by atoms with Crippen LogP contribution >= 0.6 is 11.3 Å². The zero-order valence-corrected chi connectivity index (χ0v) is 18.1. The number of hydrogen-bond acceptors (Lipinski definition) is 7. The van der Waals surface area contributed by atoms with Crippen molar-refractivity contribution in [1.29, 1.82) is 0 Å². The first-order valence-electron chi connectivity index (χ1n) is 9.94. The number of pyridine rings is 1. The number of amides is 4. The van der Waals surface area contributed by atoms with Crippen LogP contribution in [0.5, 0.6) is 5.75 Å². The highest BCUT2D eigenvalue weighted by Crippen LogP contribution is 2.24. The number of carbonyl (C=O) groups excluding carboxylic acids is 3. The van der Waals surface area contributed by atoms with E-state index >= 15 is 0 Å². The Labute approximate surface area is 188 Å². The molecule has 3 heterocycles. The van der Waals surface area contributed by atoms with Gasteiger partial charge in [-0.05, 0) is 36.2 Å². The van der Waals surface area contributed by atoms with Gasteiger partial charge in [0.15, 0.2) is 5.13 Å². The van der Waals surface area contributed by atoms with Crippen LogP contribution in [0.2, 0.25) is 0 Å². The maximum absolute atomic E-state index is 12.6. The third-order valence-electron chi connectivity index (χ3n) is 4.99. The molecule has 0 spiro atoms. The molecule has 9 nitrogen and oxygen atoms in total.